The molecule has 0 radical (unpaired) electrons. The Balaban J connectivity index is 1.86. The lowest BCUT2D eigenvalue weighted by molar-refractivity contribution is 0.108. The second-order valence-electron chi connectivity index (χ2n) is 6.97. The number of imidazole rings is 1. The monoisotopic (exact) mass is 291 g/mol. The zero-order valence-electron chi connectivity index (χ0n) is 12.7. The van der Waals surface area contributed by atoms with Crippen LogP contribution in [0, 0.1) is 17.8 Å². The molecule has 3 rings (SSSR count). The molecular weight excluding hydrogens is 266 g/mol. The van der Waals surface area contributed by atoms with Gasteiger partial charge in [-0.3, -0.25) is 4.40 Å². The largest absolute Gasteiger partial charge is 0.324 e. The van der Waals surface area contributed by atoms with E-state index < -0.39 is 0 Å². The van der Waals surface area contributed by atoms with E-state index in [2.05, 4.69) is 42.9 Å². The molecule has 1 fully saturated rings. The second-order valence-corrected chi connectivity index (χ2v) is 7.85. The molecule has 0 bridgehead atoms. The van der Waals surface area contributed by atoms with Crippen LogP contribution in [-0.2, 0) is 6.42 Å². The Kier molecular flexibility index (Phi) is 3.63. The third-order valence-electron chi connectivity index (χ3n) is 4.90. The molecule has 2 aromatic rings. The van der Waals surface area contributed by atoms with Gasteiger partial charge in [0.15, 0.2) is 4.96 Å². The summed E-state index contributed by atoms with van der Waals surface area (Å²) in [6.45, 7) is 6.96. The first-order chi connectivity index (χ1) is 9.48. The number of fused-ring (bicyclic) bond motifs is 1. The van der Waals surface area contributed by atoms with Crippen molar-refractivity contribution in [3.8, 4) is 0 Å². The van der Waals surface area contributed by atoms with Crippen LogP contribution in [0.2, 0.25) is 0 Å². The van der Waals surface area contributed by atoms with E-state index in [0.29, 0.717) is 11.8 Å². The first kappa shape index (κ1) is 14.1. The number of hydrogen-bond donors (Lipinski definition) is 1. The molecule has 0 aliphatic heterocycles. The predicted octanol–water partition coefficient (Wildman–Crippen LogP) is 3.73. The summed E-state index contributed by atoms with van der Waals surface area (Å²) in [5.41, 5.74) is 7.94. The topological polar surface area (TPSA) is 43.3 Å². The summed E-state index contributed by atoms with van der Waals surface area (Å²) in [6.07, 6.45) is 8.84. The molecule has 3 atom stereocenters. The van der Waals surface area contributed by atoms with Crippen molar-refractivity contribution in [2.75, 3.05) is 0 Å². The zero-order valence-corrected chi connectivity index (χ0v) is 13.5. The van der Waals surface area contributed by atoms with Crippen molar-refractivity contribution in [2.45, 2.75) is 52.0 Å². The fraction of sp³-hybridized carbons (Fsp3) is 0.688. The van der Waals surface area contributed by atoms with Crippen molar-refractivity contribution < 1.29 is 0 Å². The van der Waals surface area contributed by atoms with Crippen LogP contribution in [0.25, 0.3) is 4.96 Å². The van der Waals surface area contributed by atoms with Crippen molar-refractivity contribution in [2.24, 2.45) is 23.5 Å². The molecule has 0 aromatic carbocycles. The molecule has 2 N–H and O–H groups in total. The average molecular weight is 291 g/mol. The van der Waals surface area contributed by atoms with Gasteiger partial charge >= 0.3 is 0 Å². The molecule has 1 aliphatic rings. The van der Waals surface area contributed by atoms with Gasteiger partial charge in [0, 0.05) is 29.7 Å². The zero-order chi connectivity index (χ0) is 14.3. The minimum atomic E-state index is -0.0874. The summed E-state index contributed by atoms with van der Waals surface area (Å²) >= 11 is 1.69. The van der Waals surface area contributed by atoms with E-state index in [-0.39, 0.29) is 5.54 Å². The van der Waals surface area contributed by atoms with Crippen molar-refractivity contribution in [1.29, 1.82) is 0 Å². The van der Waals surface area contributed by atoms with E-state index in [9.17, 15) is 0 Å². The summed E-state index contributed by atoms with van der Waals surface area (Å²) in [6, 6.07) is 0. The van der Waals surface area contributed by atoms with Gasteiger partial charge in [-0.2, -0.15) is 0 Å². The van der Waals surface area contributed by atoms with Gasteiger partial charge in [-0.25, -0.2) is 4.98 Å². The van der Waals surface area contributed by atoms with E-state index in [1.54, 1.807) is 11.3 Å². The molecule has 2 heterocycles. The third kappa shape index (κ3) is 2.51. The number of nitrogens with two attached hydrogens (primary N) is 1. The van der Waals surface area contributed by atoms with Crippen LogP contribution in [0.15, 0.2) is 17.8 Å². The van der Waals surface area contributed by atoms with Crippen LogP contribution in [0.5, 0.6) is 0 Å². The highest BCUT2D eigenvalue weighted by molar-refractivity contribution is 7.15. The average Bonchev–Trinajstić information content (AvgIpc) is 2.87. The highest BCUT2D eigenvalue weighted by Crippen LogP contribution is 2.41. The number of nitrogens with zero attached hydrogens (tertiary/aromatic N) is 2. The van der Waals surface area contributed by atoms with Gasteiger partial charge in [0.1, 0.15) is 0 Å². The Morgan fingerprint density at radius 3 is 3.00 bits per heavy atom. The minimum absolute atomic E-state index is 0.0874. The quantitative estimate of drug-likeness (QED) is 0.936. The lowest BCUT2D eigenvalue weighted by atomic mass is 9.64. The van der Waals surface area contributed by atoms with Crippen LogP contribution in [0.1, 0.15) is 45.7 Å². The van der Waals surface area contributed by atoms with E-state index in [4.69, 9.17) is 10.7 Å². The van der Waals surface area contributed by atoms with E-state index in [0.717, 1.165) is 29.4 Å². The number of hydrogen-bond acceptors (Lipinski definition) is 3. The van der Waals surface area contributed by atoms with E-state index in [1.807, 2.05) is 0 Å². The molecule has 3 unspecified atom stereocenters. The predicted molar refractivity (Wildman–Crippen MR) is 85.0 cm³/mol. The van der Waals surface area contributed by atoms with Gasteiger partial charge in [-0.1, -0.05) is 27.2 Å². The Morgan fingerprint density at radius 1 is 1.50 bits per heavy atom. The van der Waals surface area contributed by atoms with Crippen LogP contribution < -0.4 is 5.73 Å². The third-order valence-corrected chi connectivity index (χ3v) is 5.67. The SMILES string of the molecule is CC1CCC(C(C)C)C(N)(Cc2cn3ccsc3n2)C1. The maximum Gasteiger partial charge on any atom is 0.193 e. The van der Waals surface area contributed by atoms with Crippen LogP contribution in [0.4, 0.5) is 0 Å². The lowest BCUT2D eigenvalue weighted by Gasteiger charge is -2.45. The molecule has 4 heteroatoms. The van der Waals surface area contributed by atoms with Crippen molar-refractivity contribution in [3.05, 3.63) is 23.5 Å². The Bertz CT molecular complexity index is 557. The van der Waals surface area contributed by atoms with Crippen LogP contribution in [-0.4, -0.2) is 14.9 Å². The number of thiazole rings is 1. The fourth-order valence-electron chi connectivity index (χ4n) is 4.05. The molecule has 1 aliphatic carbocycles. The molecule has 0 saturated heterocycles. The molecule has 1 saturated carbocycles. The van der Waals surface area contributed by atoms with E-state index >= 15 is 0 Å². The number of aromatic nitrogens is 2. The second kappa shape index (κ2) is 5.15. The Labute approximate surface area is 125 Å². The molecule has 0 spiro atoms. The van der Waals surface area contributed by atoms with Crippen LogP contribution >= 0.6 is 11.3 Å². The minimum Gasteiger partial charge on any atom is -0.324 e. The summed E-state index contributed by atoms with van der Waals surface area (Å²) in [7, 11) is 0. The lowest BCUT2D eigenvalue weighted by Crippen LogP contribution is -2.54. The van der Waals surface area contributed by atoms with Gasteiger partial charge < -0.3 is 5.73 Å². The maximum atomic E-state index is 6.87. The van der Waals surface area contributed by atoms with Gasteiger partial charge in [-0.15, -0.1) is 11.3 Å². The molecule has 2 aromatic heterocycles. The Morgan fingerprint density at radius 2 is 2.30 bits per heavy atom. The summed E-state index contributed by atoms with van der Waals surface area (Å²) < 4.78 is 2.11. The molecular formula is C16H25N3S. The highest BCUT2D eigenvalue weighted by Gasteiger charge is 2.41. The van der Waals surface area contributed by atoms with Crippen molar-refractivity contribution in [1.82, 2.24) is 9.38 Å². The summed E-state index contributed by atoms with van der Waals surface area (Å²) in [4.78, 5) is 5.81. The van der Waals surface area contributed by atoms with Gasteiger partial charge in [0.05, 0.1) is 5.69 Å². The maximum absolute atomic E-state index is 6.87. The summed E-state index contributed by atoms with van der Waals surface area (Å²) in [5.74, 6) is 1.99. The Hall–Kier alpha value is -0.870. The molecule has 3 nitrogen and oxygen atoms in total. The fourth-order valence-corrected chi connectivity index (χ4v) is 4.77. The van der Waals surface area contributed by atoms with Crippen molar-refractivity contribution in [3.63, 3.8) is 0 Å². The highest BCUT2D eigenvalue weighted by atomic mass is 32.1. The smallest absolute Gasteiger partial charge is 0.193 e. The standard InChI is InChI=1S/C16H25N3S/c1-11(2)14-5-4-12(3)8-16(14,17)9-13-10-19-6-7-20-15(19)18-13/h6-7,10-12,14H,4-5,8-9,17H2,1-3H3. The van der Waals surface area contributed by atoms with Gasteiger partial charge in [-0.05, 0) is 30.6 Å². The van der Waals surface area contributed by atoms with Gasteiger partial charge in [0.2, 0.25) is 0 Å². The molecule has 20 heavy (non-hydrogen) atoms. The van der Waals surface area contributed by atoms with Gasteiger partial charge in [0.25, 0.3) is 0 Å². The molecule has 110 valence electrons. The number of rotatable bonds is 3. The van der Waals surface area contributed by atoms with E-state index in [1.165, 1.54) is 12.8 Å². The first-order valence-corrected chi connectivity index (χ1v) is 8.56. The summed E-state index contributed by atoms with van der Waals surface area (Å²) in [5, 5.41) is 2.07. The molecule has 0 amide bonds. The normalized spacial score (nSPS) is 31.2. The van der Waals surface area contributed by atoms with Crippen LogP contribution in [0.3, 0.4) is 0 Å². The first-order valence-electron chi connectivity index (χ1n) is 7.68. The van der Waals surface area contributed by atoms with Crippen molar-refractivity contribution >= 4 is 16.3 Å².